The molecule has 1 heterocycles. The molecule has 0 unspecified atom stereocenters. The molecule has 0 aliphatic carbocycles. The van der Waals surface area contributed by atoms with E-state index in [-0.39, 0.29) is 10.8 Å². The van der Waals surface area contributed by atoms with Crippen LogP contribution in [0.5, 0.6) is 11.5 Å². The Bertz CT molecular complexity index is 925. The van der Waals surface area contributed by atoms with Gasteiger partial charge in [0.1, 0.15) is 0 Å². The predicted molar refractivity (Wildman–Crippen MR) is 97.3 cm³/mol. The van der Waals surface area contributed by atoms with E-state index in [1.807, 2.05) is 0 Å². The van der Waals surface area contributed by atoms with Gasteiger partial charge in [0.25, 0.3) is 15.9 Å². The quantitative estimate of drug-likeness (QED) is 0.885. The second kappa shape index (κ2) is 7.25. The van der Waals surface area contributed by atoms with Crippen molar-refractivity contribution < 1.29 is 22.7 Å². The van der Waals surface area contributed by atoms with Gasteiger partial charge in [0, 0.05) is 37.8 Å². The van der Waals surface area contributed by atoms with Crippen molar-refractivity contribution in [3.8, 4) is 11.5 Å². The number of anilines is 1. The molecule has 2 aromatic carbocycles. The standard InChI is InChI=1S/C18H20N2O5S/c1-20(2)18(21)13-5-3-6-14(11-13)19-26(22,23)15-7-8-16-17(12-15)25-10-4-9-24-16/h3,5-8,11-12,19H,4,9-10H2,1-2H3. The second-order valence-corrected chi connectivity index (χ2v) is 7.73. The van der Waals surface area contributed by atoms with Crippen molar-refractivity contribution in [2.24, 2.45) is 0 Å². The Morgan fingerprint density at radius 3 is 2.50 bits per heavy atom. The van der Waals surface area contributed by atoms with E-state index >= 15 is 0 Å². The highest BCUT2D eigenvalue weighted by molar-refractivity contribution is 7.92. The molecule has 1 aliphatic heterocycles. The minimum absolute atomic E-state index is 0.0612. The Morgan fingerprint density at radius 2 is 1.77 bits per heavy atom. The maximum Gasteiger partial charge on any atom is 0.262 e. The molecule has 26 heavy (non-hydrogen) atoms. The normalized spacial score (nSPS) is 13.6. The number of carbonyl (C=O) groups excluding carboxylic acids is 1. The monoisotopic (exact) mass is 376 g/mol. The molecule has 0 radical (unpaired) electrons. The summed E-state index contributed by atoms with van der Waals surface area (Å²) in [6, 6.07) is 10.8. The van der Waals surface area contributed by atoms with Gasteiger partial charge in [-0.3, -0.25) is 9.52 Å². The van der Waals surface area contributed by atoms with Crippen LogP contribution in [0.3, 0.4) is 0 Å². The lowest BCUT2D eigenvalue weighted by Crippen LogP contribution is -2.22. The number of nitrogens with zero attached hydrogens (tertiary/aromatic N) is 1. The molecule has 1 N–H and O–H groups in total. The zero-order valence-corrected chi connectivity index (χ0v) is 15.4. The van der Waals surface area contributed by atoms with Gasteiger partial charge < -0.3 is 14.4 Å². The van der Waals surface area contributed by atoms with E-state index in [4.69, 9.17) is 9.47 Å². The topological polar surface area (TPSA) is 84.9 Å². The minimum atomic E-state index is -3.83. The first-order valence-electron chi connectivity index (χ1n) is 8.11. The number of hydrogen-bond donors (Lipinski definition) is 1. The van der Waals surface area contributed by atoms with E-state index in [1.165, 1.54) is 23.1 Å². The number of carbonyl (C=O) groups is 1. The van der Waals surface area contributed by atoms with Crippen LogP contribution in [0.4, 0.5) is 5.69 Å². The van der Waals surface area contributed by atoms with Crippen molar-refractivity contribution in [3.63, 3.8) is 0 Å². The van der Waals surface area contributed by atoms with Crippen molar-refractivity contribution in [3.05, 3.63) is 48.0 Å². The molecule has 0 aromatic heterocycles. The molecule has 0 fully saturated rings. The highest BCUT2D eigenvalue weighted by Crippen LogP contribution is 2.32. The maximum absolute atomic E-state index is 12.7. The summed E-state index contributed by atoms with van der Waals surface area (Å²) in [6.45, 7) is 1.00. The third kappa shape index (κ3) is 3.91. The number of benzene rings is 2. The Labute approximate surface area is 152 Å². The van der Waals surface area contributed by atoms with Crippen LogP contribution in [0.2, 0.25) is 0 Å². The van der Waals surface area contributed by atoms with Gasteiger partial charge in [0.2, 0.25) is 0 Å². The van der Waals surface area contributed by atoms with E-state index in [0.717, 1.165) is 6.42 Å². The average molecular weight is 376 g/mol. The number of sulfonamides is 1. The van der Waals surface area contributed by atoms with Crippen molar-refractivity contribution in [1.29, 1.82) is 0 Å². The van der Waals surface area contributed by atoms with Crippen molar-refractivity contribution in [1.82, 2.24) is 4.90 Å². The molecule has 2 aromatic rings. The molecule has 138 valence electrons. The zero-order chi connectivity index (χ0) is 18.7. The maximum atomic E-state index is 12.7. The van der Waals surface area contributed by atoms with Crippen LogP contribution >= 0.6 is 0 Å². The van der Waals surface area contributed by atoms with E-state index in [2.05, 4.69) is 4.72 Å². The summed E-state index contributed by atoms with van der Waals surface area (Å²) >= 11 is 0. The van der Waals surface area contributed by atoms with Gasteiger partial charge in [-0.05, 0) is 30.3 Å². The van der Waals surface area contributed by atoms with Crippen LogP contribution in [-0.2, 0) is 10.0 Å². The molecule has 7 nitrogen and oxygen atoms in total. The number of ether oxygens (including phenoxy) is 2. The van der Waals surface area contributed by atoms with Crippen LogP contribution in [-0.4, -0.2) is 46.5 Å². The molecular formula is C18H20N2O5S. The lowest BCUT2D eigenvalue weighted by atomic mass is 10.2. The van der Waals surface area contributed by atoms with Gasteiger partial charge in [-0.2, -0.15) is 0 Å². The van der Waals surface area contributed by atoms with Gasteiger partial charge in [0.05, 0.1) is 18.1 Å². The summed E-state index contributed by atoms with van der Waals surface area (Å²) in [5, 5.41) is 0. The molecule has 1 amide bonds. The fourth-order valence-electron chi connectivity index (χ4n) is 2.50. The predicted octanol–water partition coefficient (Wildman–Crippen LogP) is 2.35. The Morgan fingerprint density at radius 1 is 1.04 bits per heavy atom. The van der Waals surface area contributed by atoms with Gasteiger partial charge in [-0.25, -0.2) is 8.42 Å². The fraction of sp³-hybridized carbons (Fsp3) is 0.278. The van der Waals surface area contributed by atoms with Crippen LogP contribution in [0.25, 0.3) is 0 Å². The van der Waals surface area contributed by atoms with Crippen molar-refractivity contribution in [2.75, 3.05) is 32.0 Å². The molecule has 1 aliphatic rings. The third-order valence-electron chi connectivity index (χ3n) is 3.80. The third-order valence-corrected chi connectivity index (χ3v) is 5.18. The van der Waals surface area contributed by atoms with E-state index in [0.29, 0.717) is 36.0 Å². The lowest BCUT2D eigenvalue weighted by Gasteiger charge is -2.13. The number of hydrogen-bond acceptors (Lipinski definition) is 5. The first kappa shape index (κ1) is 18.1. The average Bonchev–Trinajstić information content (AvgIpc) is 2.85. The van der Waals surface area contributed by atoms with Crippen molar-refractivity contribution in [2.45, 2.75) is 11.3 Å². The summed E-state index contributed by atoms with van der Waals surface area (Å²) in [5.74, 6) is 0.726. The SMILES string of the molecule is CN(C)C(=O)c1cccc(NS(=O)(=O)c2ccc3c(c2)OCCCO3)c1. The second-order valence-electron chi connectivity index (χ2n) is 6.04. The number of amides is 1. The Kier molecular flexibility index (Phi) is 5.03. The van der Waals surface area contributed by atoms with Crippen LogP contribution in [0.1, 0.15) is 16.8 Å². The summed E-state index contributed by atoms with van der Waals surface area (Å²) in [7, 11) is -0.560. The van der Waals surface area contributed by atoms with Gasteiger partial charge in [-0.1, -0.05) is 6.07 Å². The fourth-order valence-corrected chi connectivity index (χ4v) is 3.56. The molecule has 0 saturated carbocycles. The summed E-state index contributed by atoms with van der Waals surface area (Å²) < 4.78 is 38.9. The Balaban J connectivity index is 1.87. The van der Waals surface area contributed by atoms with E-state index in [1.54, 1.807) is 38.4 Å². The highest BCUT2D eigenvalue weighted by atomic mass is 32.2. The largest absolute Gasteiger partial charge is 0.490 e. The lowest BCUT2D eigenvalue weighted by molar-refractivity contribution is 0.0827. The van der Waals surface area contributed by atoms with Gasteiger partial charge in [0.15, 0.2) is 11.5 Å². The zero-order valence-electron chi connectivity index (χ0n) is 14.6. The number of rotatable bonds is 4. The van der Waals surface area contributed by atoms with E-state index in [9.17, 15) is 13.2 Å². The van der Waals surface area contributed by atoms with Crippen LogP contribution < -0.4 is 14.2 Å². The van der Waals surface area contributed by atoms with Crippen LogP contribution in [0, 0.1) is 0 Å². The molecule has 8 heteroatoms. The molecule has 0 spiro atoms. The minimum Gasteiger partial charge on any atom is -0.490 e. The molecule has 0 atom stereocenters. The van der Waals surface area contributed by atoms with E-state index < -0.39 is 10.0 Å². The highest BCUT2D eigenvalue weighted by Gasteiger charge is 2.19. The first-order valence-corrected chi connectivity index (χ1v) is 9.59. The smallest absolute Gasteiger partial charge is 0.262 e. The number of nitrogens with one attached hydrogen (secondary N) is 1. The molecular weight excluding hydrogens is 356 g/mol. The van der Waals surface area contributed by atoms with Gasteiger partial charge >= 0.3 is 0 Å². The van der Waals surface area contributed by atoms with Crippen molar-refractivity contribution >= 4 is 21.6 Å². The number of fused-ring (bicyclic) bond motifs is 1. The summed E-state index contributed by atoms with van der Waals surface area (Å²) in [5.41, 5.74) is 0.707. The Hall–Kier alpha value is -2.74. The van der Waals surface area contributed by atoms with Gasteiger partial charge in [-0.15, -0.1) is 0 Å². The van der Waals surface area contributed by atoms with Crippen LogP contribution in [0.15, 0.2) is 47.4 Å². The first-order chi connectivity index (χ1) is 12.4. The molecule has 0 bridgehead atoms. The summed E-state index contributed by atoms with van der Waals surface area (Å²) in [6.07, 6.45) is 0.738. The molecule has 3 rings (SSSR count). The molecule has 0 saturated heterocycles. The summed E-state index contributed by atoms with van der Waals surface area (Å²) in [4.78, 5) is 13.5.